The molecule has 3 heterocycles. The fourth-order valence-electron chi connectivity index (χ4n) is 3.46. The van der Waals surface area contributed by atoms with Gasteiger partial charge >= 0.3 is 0 Å². The number of nitrogens with zero attached hydrogens (tertiary/aromatic N) is 4. The first-order valence-electron chi connectivity index (χ1n) is 8.78. The summed E-state index contributed by atoms with van der Waals surface area (Å²) in [6, 6.07) is 2.09. The summed E-state index contributed by atoms with van der Waals surface area (Å²) in [7, 11) is 0. The topological polar surface area (TPSA) is 58.6 Å². The maximum atomic E-state index is 12.7. The number of likely N-dealkylation sites (tertiary alicyclic amines) is 1. The molecule has 2 aliphatic heterocycles. The summed E-state index contributed by atoms with van der Waals surface area (Å²) in [6.45, 7) is 3.70. The second-order valence-electron chi connectivity index (χ2n) is 6.77. The Morgan fingerprint density at radius 1 is 1.13 bits per heavy atom. The second-order valence-corrected chi connectivity index (χ2v) is 6.77. The zero-order chi connectivity index (χ0) is 15.6. The van der Waals surface area contributed by atoms with E-state index in [1.54, 1.807) is 6.33 Å². The lowest BCUT2D eigenvalue weighted by atomic mass is 10.1. The number of anilines is 1. The first kappa shape index (κ1) is 14.9. The second kappa shape index (κ2) is 6.43. The third-order valence-electron chi connectivity index (χ3n) is 5.00. The number of piperidine rings is 1. The van der Waals surface area contributed by atoms with Crippen LogP contribution < -0.4 is 4.90 Å². The van der Waals surface area contributed by atoms with Crippen molar-refractivity contribution in [1.29, 1.82) is 0 Å². The maximum Gasteiger partial charge on any atom is 0.253 e. The van der Waals surface area contributed by atoms with Gasteiger partial charge in [0.1, 0.15) is 12.1 Å². The summed E-state index contributed by atoms with van der Waals surface area (Å²) >= 11 is 0. The maximum absolute atomic E-state index is 12.7. The molecule has 1 aromatic rings. The Labute approximate surface area is 136 Å². The number of hydrogen-bond donors (Lipinski definition) is 0. The number of ether oxygens (including phenoxy) is 1. The number of carbonyl (C=O) groups is 1. The number of rotatable bonds is 3. The molecule has 1 saturated carbocycles. The van der Waals surface area contributed by atoms with Crippen LogP contribution in [0.4, 0.5) is 5.82 Å². The van der Waals surface area contributed by atoms with E-state index in [0.29, 0.717) is 19.1 Å². The minimum atomic E-state index is -0.360. The minimum Gasteiger partial charge on any atom is -0.365 e. The molecule has 1 aliphatic carbocycles. The Kier molecular flexibility index (Phi) is 4.16. The van der Waals surface area contributed by atoms with Crippen molar-refractivity contribution in [3.8, 4) is 0 Å². The molecule has 0 spiro atoms. The van der Waals surface area contributed by atoms with Crippen molar-refractivity contribution < 1.29 is 9.53 Å². The Morgan fingerprint density at radius 2 is 1.96 bits per heavy atom. The van der Waals surface area contributed by atoms with E-state index in [-0.39, 0.29) is 12.0 Å². The van der Waals surface area contributed by atoms with Gasteiger partial charge in [-0.15, -0.1) is 0 Å². The molecule has 0 radical (unpaired) electrons. The summed E-state index contributed by atoms with van der Waals surface area (Å²) in [4.78, 5) is 25.6. The molecule has 124 valence electrons. The smallest absolute Gasteiger partial charge is 0.253 e. The molecule has 2 saturated heterocycles. The molecule has 3 fully saturated rings. The average molecular weight is 316 g/mol. The van der Waals surface area contributed by atoms with Crippen molar-refractivity contribution in [2.24, 2.45) is 0 Å². The van der Waals surface area contributed by atoms with E-state index in [2.05, 4.69) is 20.9 Å². The zero-order valence-electron chi connectivity index (χ0n) is 13.5. The Bertz CT molecular complexity index is 569. The van der Waals surface area contributed by atoms with E-state index >= 15 is 0 Å². The van der Waals surface area contributed by atoms with Crippen LogP contribution in [0.25, 0.3) is 0 Å². The van der Waals surface area contributed by atoms with Gasteiger partial charge in [0.15, 0.2) is 6.10 Å². The van der Waals surface area contributed by atoms with Crippen LogP contribution in [0, 0.1) is 0 Å². The van der Waals surface area contributed by atoms with Gasteiger partial charge in [0, 0.05) is 37.3 Å². The highest BCUT2D eigenvalue weighted by Gasteiger charge is 2.32. The zero-order valence-corrected chi connectivity index (χ0v) is 13.5. The molecule has 6 nitrogen and oxygen atoms in total. The van der Waals surface area contributed by atoms with Crippen molar-refractivity contribution in [3.63, 3.8) is 0 Å². The van der Waals surface area contributed by atoms with Gasteiger partial charge < -0.3 is 14.5 Å². The highest BCUT2D eigenvalue weighted by atomic mass is 16.5. The molecule has 3 aliphatic rings. The number of amides is 1. The van der Waals surface area contributed by atoms with Gasteiger partial charge in [-0.05, 0) is 32.1 Å². The van der Waals surface area contributed by atoms with E-state index in [9.17, 15) is 4.79 Å². The number of hydrogen-bond acceptors (Lipinski definition) is 5. The fourth-order valence-corrected chi connectivity index (χ4v) is 3.46. The molecule has 1 amide bonds. The van der Waals surface area contributed by atoms with Crippen molar-refractivity contribution in [1.82, 2.24) is 14.9 Å². The van der Waals surface area contributed by atoms with Gasteiger partial charge in [-0.25, -0.2) is 9.97 Å². The van der Waals surface area contributed by atoms with Crippen LogP contribution in [-0.4, -0.2) is 59.7 Å². The van der Waals surface area contributed by atoms with E-state index in [4.69, 9.17) is 4.74 Å². The summed E-state index contributed by atoms with van der Waals surface area (Å²) in [5, 5.41) is 0. The standard InChI is InChI=1S/C17H24N4O2/c22-17(20-6-2-1-3-7-20)15-11-21(8-9-23-15)16-10-14(13-4-5-13)18-12-19-16/h10,12-13,15H,1-9,11H2. The largest absolute Gasteiger partial charge is 0.365 e. The van der Waals surface area contributed by atoms with Crippen LogP contribution in [0.1, 0.15) is 43.7 Å². The summed E-state index contributed by atoms with van der Waals surface area (Å²) in [5.74, 6) is 1.69. The van der Waals surface area contributed by atoms with E-state index in [1.807, 2.05) is 4.90 Å². The van der Waals surface area contributed by atoms with Gasteiger partial charge in [-0.1, -0.05) is 0 Å². The van der Waals surface area contributed by atoms with Crippen LogP contribution >= 0.6 is 0 Å². The van der Waals surface area contributed by atoms with E-state index in [1.165, 1.54) is 19.3 Å². The molecule has 23 heavy (non-hydrogen) atoms. The lowest BCUT2D eigenvalue weighted by Gasteiger charge is -2.36. The van der Waals surface area contributed by atoms with E-state index in [0.717, 1.165) is 44.0 Å². The van der Waals surface area contributed by atoms with Gasteiger partial charge in [-0.2, -0.15) is 0 Å². The first-order chi connectivity index (χ1) is 11.3. The highest BCUT2D eigenvalue weighted by molar-refractivity contribution is 5.82. The quantitative estimate of drug-likeness (QED) is 0.847. The molecular formula is C17H24N4O2. The number of carbonyl (C=O) groups excluding carboxylic acids is 1. The van der Waals surface area contributed by atoms with Crippen LogP contribution in [0.3, 0.4) is 0 Å². The van der Waals surface area contributed by atoms with Crippen molar-refractivity contribution in [2.75, 3.05) is 37.7 Å². The predicted octanol–water partition coefficient (Wildman–Crippen LogP) is 1.57. The van der Waals surface area contributed by atoms with Crippen LogP contribution in [0.5, 0.6) is 0 Å². The first-order valence-corrected chi connectivity index (χ1v) is 8.78. The molecule has 0 N–H and O–H groups in total. The Hall–Kier alpha value is -1.69. The normalized spacial score (nSPS) is 25.5. The third-order valence-corrected chi connectivity index (χ3v) is 5.00. The molecule has 4 rings (SSSR count). The van der Waals surface area contributed by atoms with Crippen LogP contribution in [-0.2, 0) is 9.53 Å². The monoisotopic (exact) mass is 316 g/mol. The molecule has 1 atom stereocenters. The van der Waals surface area contributed by atoms with Gasteiger partial charge in [0.25, 0.3) is 5.91 Å². The molecule has 0 aromatic carbocycles. The van der Waals surface area contributed by atoms with Crippen LogP contribution in [0.2, 0.25) is 0 Å². The molecule has 6 heteroatoms. The van der Waals surface area contributed by atoms with E-state index < -0.39 is 0 Å². The summed E-state index contributed by atoms with van der Waals surface area (Å²) < 4.78 is 5.76. The predicted molar refractivity (Wildman–Crippen MR) is 86.4 cm³/mol. The van der Waals surface area contributed by atoms with Gasteiger partial charge in [0.05, 0.1) is 13.2 Å². The summed E-state index contributed by atoms with van der Waals surface area (Å²) in [6.07, 6.45) is 7.20. The molecular weight excluding hydrogens is 292 g/mol. The molecule has 1 unspecified atom stereocenters. The number of aromatic nitrogens is 2. The van der Waals surface area contributed by atoms with Gasteiger partial charge in [0.2, 0.25) is 0 Å². The highest BCUT2D eigenvalue weighted by Crippen LogP contribution is 2.39. The molecule has 0 bridgehead atoms. The molecule has 1 aromatic heterocycles. The summed E-state index contributed by atoms with van der Waals surface area (Å²) in [5.41, 5.74) is 1.14. The number of morpholine rings is 1. The lowest BCUT2D eigenvalue weighted by Crippen LogP contribution is -2.52. The van der Waals surface area contributed by atoms with Gasteiger partial charge in [-0.3, -0.25) is 4.79 Å². The van der Waals surface area contributed by atoms with Crippen LogP contribution in [0.15, 0.2) is 12.4 Å². The van der Waals surface area contributed by atoms with Crippen molar-refractivity contribution in [3.05, 3.63) is 18.1 Å². The minimum absolute atomic E-state index is 0.144. The Morgan fingerprint density at radius 3 is 2.74 bits per heavy atom. The fraction of sp³-hybridized carbons (Fsp3) is 0.706. The van der Waals surface area contributed by atoms with Crippen molar-refractivity contribution >= 4 is 11.7 Å². The Balaban J connectivity index is 1.44. The average Bonchev–Trinajstić information content (AvgIpc) is 3.47. The lowest BCUT2D eigenvalue weighted by molar-refractivity contribution is -0.145. The SMILES string of the molecule is O=C(C1CN(c2cc(C3CC3)ncn2)CCO1)N1CCCCC1. The van der Waals surface area contributed by atoms with Crippen molar-refractivity contribution in [2.45, 2.75) is 44.1 Å². The third kappa shape index (κ3) is 3.32.